The Hall–Kier alpha value is -3.78. The van der Waals surface area contributed by atoms with Crippen LogP contribution >= 0.6 is 11.7 Å². The number of aryl methyl sites for hydroxylation is 1. The van der Waals surface area contributed by atoms with E-state index >= 15 is 0 Å². The van der Waals surface area contributed by atoms with Crippen LogP contribution in [0.3, 0.4) is 0 Å². The molecule has 7 nitrogen and oxygen atoms in total. The van der Waals surface area contributed by atoms with Gasteiger partial charge in [0.25, 0.3) is 5.91 Å². The first-order chi connectivity index (χ1) is 15.2. The van der Waals surface area contributed by atoms with Crippen LogP contribution in [-0.2, 0) is 13.1 Å². The summed E-state index contributed by atoms with van der Waals surface area (Å²) in [7, 11) is 0. The molecule has 4 heterocycles. The molecule has 0 unspecified atom stereocenters. The van der Waals surface area contributed by atoms with Gasteiger partial charge in [-0.05, 0) is 48.9 Å². The fourth-order valence-electron chi connectivity index (χ4n) is 4.15. The molecular formula is C23H18N6OS. The number of nitrogens with zero attached hydrogens (tertiary/aromatic N) is 6. The smallest absolute Gasteiger partial charge is 0.254 e. The quantitative estimate of drug-likeness (QED) is 0.435. The fourth-order valence-corrected chi connectivity index (χ4v) is 4.67. The van der Waals surface area contributed by atoms with Gasteiger partial charge in [0.1, 0.15) is 16.9 Å². The largest absolute Gasteiger partial charge is 0.328 e. The minimum Gasteiger partial charge on any atom is -0.328 e. The fraction of sp³-hybridized carbons (Fsp3) is 0.130. The van der Waals surface area contributed by atoms with Crippen LogP contribution in [0.4, 0.5) is 0 Å². The van der Waals surface area contributed by atoms with E-state index in [1.165, 1.54) is 0 Å². The van der Waals surface area contributed by atoms with Crippen LogP contribution in [0.1, 0.15) is 27.2 Å². The van der Waals surface area contributed by atoms with Gasteiger partial charge in [0.2, 0.25) is 0 Å². The van der Waals surface area contributed by atoms with Crippen LogP contribution in [0.15, 0.2) is 67.0 Å². The van der Waals surface area contributed by atoms with E-state index in [2.05, 4.69) is 32.4 Å². The van der Waals surface area contributed by atoms with Crippen molar-refractivity contribution in [3.63, 3.8) is 0 Å². The molecular weight excluding hydrogens is 408 g/mol. The van der Waals surface area contributed by atoms with E-state index in [0.717, 1.165) is 51.1 Å². The second-order valence-electron chi connectivity index (χ2n) is 7.67. The lowest BCUT2D eigenvalue weighted by molar-refractivity contribution is 0.0749. The van der Waals surface area contributed by atoms with E-state index in [9.17, 15) is 4.79 Å². The molecule has 0 atom stereocenters. The topological polar surface area (TPSA) is 68.8 Å². The molecule has 8 heteroatoms. The number of hydrogen-bond donors (Lipinski definition) is 0. The summed E-state index contributed by atoms with van der Waals surface area (Å²) in [6.07, 6.45) is 4.03. The number of benzene rings is 2. The SMILES string of the molecule is Cc1ccccc1-n1nc2c(c1-n1cccc1)CN(C(=O)c1ccc3nsnc3c1)C2. The normalized spacial score (nSPS) is 13.1. The maximum absolute atomic E-state index is 13.2. The van der Waals surface area contributed by atoms with Crippen LogP contribution in [0.2, 0.25) is 0 Å². The molecule has 0 spiro atoms. The van der Waals surface area contributed by atoms with Crippen LogP contribution in [-0.4, -0.2) is 33.9 Å². The summed E-state index contributed by atoms with van der Waals surface area (Å²) < 4.78 is 12.5. The van der Waals surface area contributed by atoms with Crippen molar-refractivity contribution in [2.75, 3.05) is 0 Å². The van der Waals surface area contributed by atoms with Crippen molar-refractivity contribution in [3.8, 4) is 11.5 Å². The zero-order valence-electron chi connectivity index (χ0n) is 16.8. The van der Waals surface area contributed by atoms with Crippen molar-refractivity contribution in [2.24, 2.45) is 0 Å². The molecule has 152 valence electrons. The number of carbonyl (C=O) groups is 1. The minimum atomic E-state index is -0.0196. The van der Waals surface area contributed by atoms with Gasteiger partial charge in [-0.2, -0.15) is 13.8 Å². The Bertz CT molecular complexity index is 1430. The lowest BCUT2D eigenvalue weighted by atomic mass is 10.1. The highest BCUT2D eigenvalue weighted by molar-refractivity contribution is 7.00. The highest BCUT2D eigenvalue weighted by atomic mass is 32.1. The second kappa shape index (κ2) is 6.88. The Morgan fingerprint density at radius 3 is 2.61 bits per heavy atom. The number of carbonyl (C=O) groups excluding carboxylic acids is 1. The standard InChI is InChI=1S/C23H18N6OS/c1-15-6-2-3-7-21(15)29-22(27-10-4-5-11-27)17-13-28(14-20(17)24-29)23(30)16-8-9-18-19(12-16)26-31-25-18/h2-12H,13-14H2,1H3. The van der Waals surface area contributed by atoms with Gasteiger partial charge in [-0.25, -0.2) is 4.68 Å². The summed E-state index contributed by atoms with van der Waals surface area (Å²) in [5, 5.41) is 4.93. The first kappa shape index (κ1) is 18.0. The molecule has 3 aromatic heterocycles. The molecule has 0 fully saturated rings. The number of para-hydroxylation sites is 1. The molecule has 1 aliphatic heterocycles. The van der Waals surface area contributed by atoms with Gasteiger partial charge < -0.3 is 9.47 Å². The van der Waals surface area contributed by atoms with E-state index in [1.54, 1.807) is 0 Å². The second-order valence-corrected chi connectivity index (χ2v) is 8.19. The molecule has 0 bridgehead atoms. The molecule has 6 rings (SSSR count). The van der Waals surface area contributed by atoms with Gasteiger partial charge in [-0.3, -0.25) is 4.79 Å². The van der Waals surface area contributed by atoms with Crippen molar-refractivity contribution in [3.05, 3.63) is 89.4 Å². The Morgan fingerprint density at radius 1 is 0.968 bits per heavy atom. The van der Waals surface area contributed by atoms with Crippen molar-refractivity contribution in [1.82, 2.24) is 28.0 Å². The van der Waals surface area contributed by atoms with Gasteiger partial charge >= 0.3 is 0 Å². The predicted molar refractivity (Wildman–Crippen MR) is 119 cm³/mol. The van der Waals surface area contributed by atoms with Crippen LogP contribution in [0, 0.1) is 6.92 Å². The van der Waals surface area contributed by atoms with Gasteiger partial charge in [-0.15, -0.1) is 0 Å². The lowest BCUT2D eigenvalue weighted by Gasteiger charge is -2.18. The van der Waals surface area contributed by atoms with Gasteiger partial charge in [0, 0.05) is 23.5 Å². The summed E-state index contributed by atoms with van der Waals surface area (Å²) in [5.41, 5.74) is 6.39. The van der Waals surface area contributed by atoms with Crippen LogP contribution in [0.5, 0.6) is 0 Å². The molecule has 0 N–H and O–H groups in total. The predicted octanol–water partition coefficient (Wildman–Crippen LogP) is 4.13. The van der Waals surface area contributed by atoms with Crippen LogP contribution in [0.25, 0.3) is 22.5 Å². The van der Waals surface area contributed by atoms with Crippen molar-refractivity contribution >= 4 is 28.7 Å². The highest BCUT2D eigenvalue weighted by Gasteiger charge is 2.32. The van der Waals surface area contributed by atoms with E-state index in [-0.39, 0.29) is 5.91 Å². The zero-order valence-corrected chi connectivity index (χ0v) is 17.6. The monoisotopic (exact) mass is 426 g/mol. The number of amides is 1. The average Bonchev–Trinajstić information content (AvgIpc) is 3.56. The van der Waals surface area contributed by atoms with Crippen molar-refractivity contribution in [2.45, 2.75) is 20.0 Å². The summed E-state index contributed by atoms with van der Waals surface area (Å²) in [4.78, 5) is 15.1. The molecule has 1 amide bonds. The number of fused-ring (bicyclic) bond motifs is 2. The van der Waals surface area contributed by atoms with Gasteiger partial charge in [-0.1, -0.05) is 18.2 Å². The van der Waals surface area contributed by atoms with Crippen LogP contribution < -0.4 is 0 Å². The molecule has 0 saturated heterocycles. The molecule has 0 saturated carbocycles. The summed E-state index contributed by atoms with van der Waals surface area (Å²) in [6.45, 7) is 3.08. The van der Waals surface area contributed by atoms with E-state index in [1.807, 2.05) is 64.4 Å². The maximum atomic E-state index is 13.2. The van der Waals surface area contributed by atoms with E-state index < -0.39 is 0 Å². The molecule has 2 aromatic carbocycles. The van der Waals surface area contributed by atoms with E-state index in [0.29, 0.717) is 18.7 Å². The number of hydrogen-bond acceptors (Lipinski definition) is 5. The summed E-state index contributed by atoms with van der Waals surface area (Å²) in [5.74, 6) is 0.956. The Morgan fingerprint density at radius 2 is 1.77 bits per heavy atom. The molecule has 1 aliphatic rings. The third kappa shape index (κ3) is 2.87. The maximum Gasteiger partial charge on any atom is 0.254 e. The third-order valence-electron chi connectivity index (χ3n) is 5.71. The van der Waals surface area contributed by atoms with Crippen molar-refractivity contribution in [1.29, 1.82) is 0 Å². The molecule has 0 radical (unpaired) electrons. The Labute approximate surface area is 182 Å². The van der Waals surface area contributed by atoms with E-state index in [4.69, 9.17) is 5.10 Å². The summed E-state index contributed by atoms with van der Waals surface area (Å²) in [6, 6.07) is 17.7. The highest BCUT2D eigenvalue weighted by Crippen LogP contribution is 2.32. The first-order valence-corrected chi connectivity index (χ1v) is 10.7. The van der Waals surface area contributed by atoms with Gasteiger partial charge in [0.15, 0.2) is 0 Å². The molecule has 5 aromatic rings. The number of aromatic nitrogens is 5. The number of rotatable bonds is 3. The molecule has 0 aliphatic carbocycles. The lowest BCUT2D eigenvalue weighted by Crippen LogP contribution is -2.26. The Balaban J connectivity index is 1.40. The summed E-state index contributed by atoms with van der Waals surface area (Å²) >= 11 is 1.16. The minimum absolute atomic E-state index is 0.0196. The zero-order chi connectivity index (χ0) is 20.9. The molecule has 31 heavy (non-hydrogen) atoms. The third-order valence-corrected chi connectivity index (χ3v) is 6.27. The average molecular weight is 427 g/mol. The van der Waals surface area contributed by atoms with Crippen molar-refractivity contribution < 1.29 is 4.79 Å². The first-order valence-electron chi connectivity index (χ1n) is 10.0. The Kier molecular flexibility index (Phi) is 4.00. The van der Waals surface area contributed by atoms with Gasteiger partial charge in [0.05, 0.1) is 36.2 Å².